The number of halogens is 1. The van der Waals surface area contributed by atoms with Crippen LogP contribution in [0.2, 0.25) is 0 Å². The van der Waals surface area contributed by atoms with Crippen LogP contribution >= 0.6 is 0 Å². The first kappa shape index (κ1) is 16.5. The molecule has 0 N–H and O–H groups in total. The molecule has 0 saturated carbocycles. The molecule has 0 amide bonds. The molecule has 1 heterocycles. The molecule has 0 aromatic heterocycles. The molecular weight excluding hydrogens is 323 g/mol. The number of fused-ring (bicyclic) bond motifs is 1. The minimum Gasteiger partial charge on any atom is -0.363 e. The Balaban J connectivity index is 1.50. The van der Waals surface area contributed by atoms with Gasteiger partial charge >= 0.3 is 0 Å². The molecule has 0 radical (unpaired) electrons. The number of anilines is 1. The van der Waals surface area contributed by atoms with Gasteiger partial charge in [-0.3, -0.25) is 4.99 Å². The van der Waals surface area contributed by atoms with E-state index in [9.17, 15) is 4.39 Å². The van der Waals surface area contributed by atoms with Gasteiger partial charge in [-0.05, 0) is 66.4 Å². The second kappa shape index (κ2) is 6.75. The molecule has 0 saturated heterocycles. The largest absolute Gasteiger partial charge is 0.363 e. The summed E-state index contributed by atoms with van der Waals surface area (Å²) in [5.41, 5.74) is 8.02. The maximum Gasteiger partial charge on any atom is 0.131 e. The van der Waals surface area contributed by atoms with Crippen LogP contribution in [-0.4, -0.2) is 6.21 Å². The topological polar surface area (TPSA) is 15.6 Å². The van der Waals surface area contributed by atoms with Crippen LogP contribution in [-0.2, 0) is 13.1 Å². The number of rotatable bonds is 3. The molecule has 3 heteroatoms. The lowest BCUT2D eigenvalue weighted by atomic mass is 10.0. The standard InChI is InChI=1S/C23H21FN2/c1-16-11-19-14-26(15-20(19)12-17(16)2)22-9-7-21(8-10-22)25-13-18-5-3-4-6-23(18)24/h3-13H,14-15H2,1-2H3. The van der Waals surface area contributed by atoms with E-state index in [1.807, 2.05) is 18.2 Å². The van der Waals surface area contributed by atoms with Gasteiger partial charge in [-0.1, -0.05) is 30.3 Å². The van der Waals surface area contributed by atoms with Crippen molar-refractivity contribution in [1.29, 1.82) is 0 Å². The first-order valence-corrected chi connectivity index (χ1v) is 8.83. The molecule has 0 aliphatic carbocycles. The van der Waals surface area contributed by atoms with Gasteiger partial charge in [0, 0.05) is 30.6 Å². The van der Waals surface area contributed by atoms with Crippen LogP contribution in [0.1, 0.15) is 27.8 Å². The summed E-state index contributed by atoms with van der Waals surface area (Å²) in [5.74, 6) is -0.256. The Bertz CT molecular complexity index is 943. The van der Waals surface area contributed by atoms with Crippen LogP contribution in [0.4, 0.5) is 15.8 Å². The summed E-state index contributed by atoms with van der Waals surface area (Å²) >= 11 is 0. The minimum absolute atomic E-state index is 0.256. The summed E-state index contributed by atoms with van der Waals surface area (Å²) in [6.07, 6.45) is 1.57. The van der Waals surface area contributed by atoms with Crippen molar-refractivity contribution >= 4 is 17.6 Å². The summed E-state index contributed by atoms with van der Waals surface area (Å²) < 4.78 is 13.6. The first-order valence-electron chi connectivity index (χ1n) is 8.83. The summed E-state index contributed by atoms with van der Waals surface area (Å²) in [5, 5.41) is 0. The monoisotopic (exact) mass is 344 g/mol. The predicted octanol–water partition coefficient (Wildman–Crippen LogP) is 5.71. The maximum absolute atomic E-state index is 13.6. The highest BCUT2D eigenvalue weighted by atomic mass is 19.1. The third-order valence-electron chi connectivity index (χ3n) is 5.01. The fourth-order valence-electron chi connectivity index (χ4n) is 3.35. The molecule has 1 aliphatic heterocycles. The zero-order valence-electron chi connectivity index (χ0n) is 15.0. The van der Waals surface area contributed by atoms with Gasteiger partial charge in [-0.25, -0.2) is 4.39 Å². The van der Waals surface area contributed by atoms with Gasteiger partial charge < -0.3 is 4.90 Å². The Labute approximate surface area is 153 Å². The summed E-state index contributed by atoms with van der Waals surface area (Å²) in [6, 6.07) is 19.4. The Kier molecular flexibility index (Phi) is 4.29. The van der Waals surface area contributed by atoms with Gasteiger partial charge in [0.15, 0.2) is 0 Å². The number of hydrogen-bond acceptors (Lipinski definition) is 2. The third-order valence-corrected chi connectivity index (χ3v) is 5.01. The number of hydrogen-bond donors (Lipinski definition) is 0. The van der Waals surface area contributed by atoms with E-state index in [4.69, 9.17) is 0 Å². The Hall–Kier alpha value is -2.94. The molecule has 2 nitrogen and oxygen atoms in total. The van der Waals surface area contributed by atoms with E-state index in [1.165, 1.54) is 34.0 Å². The molecule has 1 aliphatic rings. The lowest BCUT2D eigenvalue weighted by Crippen LogP contribution is -2.13. The van der Waals surface area contributed by atoms with Crippen molar-refractivity contribution in [3.05, 3.63) is 94.3 Å². The van der Waals surface area contributed by atoms with Crippen molar-refractivity contribution in [2.24, 2.45) is 4.99 Å². The van der Waals surface area contributed by atoms with Crippen molar-refractivity contribution in [2.75, 3.05) is 4.90 Å². The van der Waals surface area contributed by atoms with Crippen molar-refractivity contribution in [2.45, 2.75) is 26.9 Å². The van der Waals surface area contributed by atoms with Crippen LogP contribution in [0.25, 0.3) is 0 Å². The Morgan fingerprint density at radius 3 is 2.12 bits per heavy atom. The smallest absolute Gasteiger partial charge is 0.131 e. The Morgan fingerprint density at radius 2 is 1.50 bits per heavy atom. The van der Waals surface area contributed by atoms with Gasteiger partial charge in [0.2, 0.25) is 0 Å². The molecular formula is C23H21FN2. The fraction of sp³-hybridized carbons (Fsp3) is 0.174. The lowest BCUT2D eigenvalue weighted by Gasteiger charge is -2.17. The number of benzene rings is 3. The zero-order valence-corrected chi connectivity index (χ0v) is 15.0. The molecule has 0 unspecified atom stereocenters. The van der Waals surface area contributed by atoms with Crippen LogP contribution < -0.4 is 4.90 Å². The summed E-state index contributed by atoms with van der Waals surface area (Å²) in [6.45, 7) is 6.21. The van der Waals surface area contributed by atoms with Gasteiger partial charge in [-0.15, -0.1) is 0 Å². The average molecular weight is 344 g/mol. The van der Waals surface area contributed by atoms with E-state index < -0.39 is 0 Å². The minimum atomic E-state index is -0.256. The summed E-state index contributed by atoms with van der Waals surface area (Å²) in [7, 11) is 0. The van der Waals surface area contributed by atoms with Crippen molar-refractivity contribution in [3.63, 3.8) is 0 Å². The molecule has 26 heavy (non-hydrogen) atoms. The van der Waals surface area contributed by atoms with Crippen LogP contribution in [0.15, 0.2) is 65.7 Å². The van der Waals surface area contributed by atoms with Gasteiger partial charge in [0.25, 0.3) is 0 Å². The highest BCUT2D eigenvalue weighted by molar-refractivity contribution is 5.82. The van der Waals surface area contributed by atoms with E-state index in [0.29, 0.717) is 5.56 Å². The Morgan fingerprint density at radius 1 is 0.885 bits per heavy atom. The molecule has 0 fully saturated rings. The van der Waals surface area contributed by atoms with Crippen LogP contribution in [0, 0.1) is 19.7 Å². The first-order chi connectivity index (χ1) is 12.6. The van der Waals surface area contributed by atoms with Crippen LogP contribution in [0.3, 0.4) is 0 Å². The number of aryl methyl sites for hydroxylation is 2. The highest BCUT2D eigenvalue weighted by Gasteiger charge is 2.19. The molecule has 0 spiro atoms. The highest BCUT2D eigenvalue weighted by Crippen LogP contribution is 2.31. The molecule has 4 rings (SSSR count). The van der Waals surface area contributed by atoms with Gasteiger partial charge in [0.1, 0.15) is 5.82 Å². The van der Waals surface area contributed by atoms with E-state index >= 15 is 0 Å². The van der Waals surface area contributed by atoms with Crippen molar-refractivity contribution < 1.29 is 4.39 Å². The van der Waals surface area contributed by atoms with Gasteiger partial charge in [0.05, 0.1) is 5.69 Å². The molecule has 0 bridgehead atoms. The van der Waals surface area contributed by atoms with Crippen molar-refractivity contribution in [3.8, 4) is 0 Å². The van der Waals surface area contributed by atoms with E-state index in [0.717, 1.165) is 18.8 Å². The fourth-order valence-corrected chi connectivity index (χ4v) is 3.35. The SMILES string of the molecule is Cc1cc2c(cc1C)CN(c1ccc(N=Cc3ccccc3F)cc1)C2. The lowest BCUT2D eigenvalue weighted by molar-refractivity contribution is 0.626. The normalized spacial score (nSPS) is 13.4. The quantitative estimate of drug-likeness (QED) is 0.555. The number of aliphatic imine (C=N–C) groups is 1. The molecule has 3 aromatic carbocycles. The summed E-state index contributed by atoms with van der Waals surface area (Å²) in [4.78, 5) is 6.75. The maximum atomic E-state index is 13.6. The van der Waals surface area contributed by atoms with E-state index in [1.54, 1.807) is 18.3 Å². The predicted molar refractivity (Wildman–Crippen MR) is 106 cm³/mol. The number of nitrogens with zero attached hydrogens (tertiary/aromatic N) is 2. The third kappa shape index (κ3) is 3.25. The van der Waals surface area contributed by atoms with Crippen LogP contribution in [0.5, 0.6) is 0 Å². The second-order valence-corrected chi connectivity index (χ2v) is 6.86. The van der Waals surface area contributed by atoms with Gasteiger partial charge in [-0.2, -0.15) is 0 Å². The molecule has 0 atom stereocenters. The molecule has 130 valence electrons. The second-order valence-electron chi connectivity index (χ2n) is 6.86. The zero-order chi connectivity index (χ0) is 18.1. The van der Waals surface area contributed by atoms with E-state index in [-0.39, 0.29) is 5.82 Å². The van der Waals surface area contributed by atoms with E-state index in [2.05, 4.69) is 48.0 Å². The molecule has 3 aromatic rings. The van der Waals surface area contributed by atoms with Crippen molar-refractivity contribution in [1.82, 2.24) is 0 Å². The average Bonchev–Trinajstić information content (AvgIpc) is 3.04.